The number of aliphatic hydroxyl groups excluding tert-OH is 1. The highest BCUT2D eigenvalue weighted by Crippen LogP contribution is 2.13. The molecule has 1 atom stereocenters. The van der Waals surface area contributed by atoms with Crippen LogP contribution in [0.2, 0.25) is 0 Å². The number of likely N-dealkylation sites (N-methyl/N-ethyl adjacent to an activating group) is 1. The van der Waals surface area contributed by atoms with E-state index in [0.29, 0.717) is 12.6 Å². The third-order valence-corrected chi connectivity index (χ3v) is 2.69. The van der Waals surface area contributed by atoms with Crippen molar-refractivity contribution in [2.45, 2.75) is 13.0 Å². The van der Waals surface area contributed by atoms with Gasteiger partial charge in [-0.2, -0.15) is 0 Å². The van der Waals surface area contributed by atoms with Crippen LogP contribution in [0.3, 0.4) is 0 Å². The molecule has 94 valence electrons. The second kappa shape index (κ2) is 5.84. The highest BCUT2D eigenvalue weighted by atomic mass is 19.1. The molecule has 1 rings (SSSR count). The topological polar surface area (TPSA) is 40.5 Å². The van der Waals surface area contributed by atoms with E-state index >= 15 is 0 Å². The number of nitrogens with zero attached hydrogens (tertiary/aromatic N) is 1. The molecule has 0 saturated carbocycles. The summed E-state index contributed by atoms with van der Waals surface area (Å²) in [6.07, 6.45) is 0. The number of halogens is 2. The van der Waals surface area contributed by atoms with Crippen LogP contribution in [0.15, 0.2) is 18.2 Å². The van der Waals surface area contributed by atoms with Gasteiger partial charge in [0.25, 0.3) is 0 Å². The summed E-state index contributed by atoms with van der Waals surface area (Å²) in [5, 5.41) is 8.75. The minimum atomic E-state index is -0.862. The number of hydrogen-bond donors (Lipinski definition) is 1. The van der Waals surface area contributed by atoms with Gasteiger partial charge in [0, 0.05) is 12.6 Å². The Balaban J connectivity index is 2.88. The second-order valence-electron chi connectivity index (χ2n) is 3.87. The molecule has 0 radical (unpaired) electrons. The predicted octanol–water partition coefficient (Wildman–Crippen LogP) is 1.46. The first-order chi connectivity index (χ1) is 7.97. The monoisotopic (exact) mass is 243 g/mol. The number of rotatable bonds is 5. The van der Waals surface area contributed by atoms with Crippen molar-refractivity contribution in [1.29, 1.82) is 0 Å². The smallest absolute Gasteiger partial charge is 0.182 e. The summed E-state index contributed by atoms with van der Waals surface area (Å²) < 4.78 is 26.1. The van der Waals surface area contributed by atoms with Gasteiger partial charge in [-0.25, -0.2) is 8.78 Å². The molecule has 0 bridgehead atoms. The Morgan fingerprint density at radius 2 is 2.12 bits per heavy atom. The van der Waals surface area contributed by atoms with E-state index in [1.54, 1.807) is 18.9 Å². The fourth-order valence-electron chi connectivity index (χ4n) is 1.47. The minimum Gasteiger partial charge on any atom is -0.395 e. The molecule has 0 aliphatic heterocycles. The summed E-state index contributed by atoms with van der Waals surface area (Å²) in [5.74, 6) is -2.01. The number of ketones is 1. The Morgan fingerprint density at radius 3 is 2.65 bits per heavy atom. The summed E-state index contributed by atoms with van der Waals surface area (Å²) in [5.41, 5.74) is -0.135. The third-order valence-electron chi connectivity index (χ3n) is 2.69. The number of carbonyl (C=O) groups is 1. The SMILES string of the molecule is CC(C(=O)c1ccc(F)cc1F)N(C)CCO. The molecule has 0 aliphatic carbocycles. The second-order valence-corrected chi connectivity index (χ2v) is 3.87. The van der Waals surface area contributed by atoms with Crippen molar-refractivity contribution in [1.82, 2.24) is 4.90 Å². The van der Waals surface area contributed by atoms with Crippen LogP contribution in [-0.4, -0.2) is 42.0 Å². The minimum absolute atomic E-state index is 0.0833. The summed E-state index contributed by atoms with van der Waals surface area (Å²) in [6, 6.07) is 2.30. The zero-order chi connectivity index (χ0) is 13.0. The third kappa shape index (κ3) is 3.31. The molecule has 1 aromatic carbocycles. The van der Waals surface area contributed by atoms with Gasteiger partial charge in [-0.05, 0) is 26.1 Å². The van der Waals surface area contributed by atoms with Crippen molar-refractivity contribution in [2.75, 3.05) is 20.2 Å². The van der Waals surface area contributed by atoms with Crippen LogP contribution in [0, 0.1) is 11.6 Å². The number of hydrogen-bond acceptors (Lipinski definition) is 3. The van der Waals surface area contributed by atoms with Crippen LogP contribution < -0.4 is 0 Å². The van der Waals surface area contributed by atoms with Crippen LogP contribution >= 0.6 is 0 Å². The van der Waals surface area contributed by atoms with Crippen molar-refractivity contribution >= 4 is 5.78 Å². The molecule has 0 spiro atoms. The maximum Gasteiger partial charge on any atom is 0.182 e. The molecule has 1 aromatic rings. The van der Waals surface area contributed by atoms with E-state index in [1.165, 1.54) is 0 Å². The van der Waals surface area contributed by atoms with Gasteiger partial charge >= 0.3 is 0 Å². The standard InChI is InChI=1S/C12H15F2NO2/c1-8(15(2)5-6-16)12(17)10-4-3-9(13)7-11(10)14/h3-4,7-8,16H,5-6H2,1-2H3. The van der Waals surface area contributed by atoms with Crippen LogP contribution in [-0.2, 0) is 0 Å². The molecule has 0 saturated heterocycles. The van der Waals surface area contributed by atoms with Crippen LogP contribution in [0.1, 0.15) is 17.3 Å². The first-order valence-corrected chi connectivity index (χ1v) is 5.27. The van der Waals surface area contributed by atoms with Gasteiger partial charge in [-0.3, -0.25) is 9.69 Å². The van der Waals surface area contributed by atoms with Crippen molar-refractivity contribution in [2.24, 2.45) is 0 Å². The molecule has 0 fully saturated rings. The maximum absolute atomic E-state index is 13.4. The quantitative estimate of drug-likeness (QED) is 0.796. The van der Waals surface area contributed by atoms with E-state index in [1.807, 2.05) is 0 Å². The molecule has 0 aromatic heterocycles. The predicted molar refractivity (Wildman–Crippen MR) is 59.9 cm³/mol. The molecular weight excluding hydrogens is 228 g/mol. The average Bonchev–Trinajstić information content (AvgIpc) is 2.27. The first kappa shape index (κ1) is 13.7. The van der Waals surface area contributed by atoms with Crippen molar-refractivity contribution in [3.8, 4) is 0 Å². The lowest BCUT2D eigenvalue weighted by Crippen LogP contribution is -2.38. The molecule has 3 nitrogen and oxygen atoms in total. The van der Waals surface area contributed by atoms with Gasteiger partial charge in [0.1, 0.15) is 11.6 Å². The molecule has 0 aliphatic rings. The van der Waals surface area contributed by atoms with Gasteiger partial charge in [0.2, 0.25) is 0 Å². The fraction of sp³-hybridized carbons (Fsp3) is 0.417. The van der Waals surface area contributed by atoms with E-state index < -0.39 is 23.5 Å². The lowest BCUT2D eigenvalue weighted by molar-refractivity contribution is 0.0844. The zero-order valence-electron chi connectivity index (χ0n) is 9.78. The van der Waals surface area contributed by atoms with E-state index in [-0.39, 0.29) is 12.2 Å². The van der Waals surface area contributed by atoms with E-state index in [0.717, 1.165) is 12.1 Å². The Morgan fingerprint density at radius 1 is 1.47 bits per heavy atom. The summed E-state index contributed by atoms with van der Waals surface area (Å²) >= 11 is 0. The molecule has 5 heteroatoms. The number of Topliss-reactive ketones (excluding diaryl/α,β-unsaturated/α-hetero) is 1. The zero-order valence-corrected chi connectivity index (χ0v) is 9.78. The molecule has 0 amide bonds. The largest absolute Gasteiger partial charge is 0.395 e. The van der Waals surface area contributed by atoms with Crippen molar-refractivity contribution in [3.05, 3.63) is 35.4 Å². The van der Waals surface area contributed by atoms with Crippen LogP contribution in [0.4, 0.5) is 8.78 Å². The molecular formula is C12H15F2NO2. The summed E-state index contributed by atoms with van der Waals surface area (Å²) in [6.45, 7) is 1.84. The molecule has 17 heavy (non-hydrogen) atoms. The highest BCUT2D eigenvalue weighted by molar-refractivity contribution is 6.00. The number of carbonyl (C=O) groups excluding carboxylic acids is 1. The van der Waals surface area contributed by atoms with Gasteiger partial charge in [-0.15, -0.1) is 0 Å². The van der Waals surface area contributed by atoms with Gasteiger partial charge < -0.3 is 5.11 Å². The van der Waals surface area contributed by atoms with Gasteiger partial charge in [0.15, 0.2) is 5.78 Å². The Bertz CT molecular complexity index is 409. The Hall–Kier alpha value is -1.33. The number of benzene rings is 1. The summed E-state index contributed by atoms with van der Waals surface area (Å²) in [4.78, 5) is 13.5. The highest BCUT2D eigenvalue weighted by Gasteiger charge is 2.22. The summed E-state index contributed by atoms with van der Waals surface area (Å²) in [7, 11) is 1.65. The van der Waals surface area contributed by atoms with Crippen LogP contribution in [0.5, 0.6) is 0 Å². The molecule has 0 heterocycles. The number of aliphatic hydroxyl groups is 1. The lowest BCUT2D eigenvalue weighted by Gasteiger charge is -2.22. The molecule has 1 N–H and O–H groups in total. The van der Waals surface area contributed by atoms with E-state index in [2.05, 4.69) is 0 Å². The lowest BCUT2D eigenvalue weighted by atomic mass is 10.0. The Kier molecular flexibility index (Phi) is 4.72. The molecule has 1 unspecified atom stereocenters. The van der Waals surface area contributed by atoms with Gasteiger partial charge in [0.05, 0.1) is 18.2 Å². The fourth-order valence-corrected chi connectivity index (χ4v) is 1.47. The van der Waals surface area contributed by atoms with Crippen molar-refractivity contribution in [3.63, 3.8) is 0 Å². The van der Waals surface area contributed by atoms with Gasteiger partial charge in [-0.1, -0.05) is 0 Å². The normalized spacial score (nSPS) is 12.8. The van der Waals surface area contributed by atoms with Crippen molar-refractivity contribution < 1.29 is 18.7 Å². The van der Waals surface area contributed by atoms with E-state index in [4.69, 9.17) is 5.11 Å². The average molecular weight is 243 g/mol. The Labute approximate surface area is 98.7 Å². The van der Waals surface area contributed by atoms with Crippen LogP contribution in [0.25, 0.3) is 0 Å². The van der Waals surface area contributed by atoms with E-state index in [9.17, 15) is 13.6 Å². The maximum atomic E-state index is 13.4. The first-order valence-electron chi connectivity index (χ1n) is 5.27.